The topological polar surface area (TPSA) is 46.9 Å². The maximum atomic E-state index is 11.8. The number of benzene rings is 1. The number of aryl methyl sites for hydroxylation is 2. The maximum absolute atomic E-state index is 11.8. The van der Waals surface area contributed by atoms with Gasteiger partial charge in [0.1, 0.15) is 10.2 Å². The molecule has 2 aromatic rings. The van der Waals surface area contributed by atoms with Crippen molar-refractivity contribution in [3.8, 4) is 0 Å². The van der Waals surface area contributed by atoms with Gasteiger partial charge in [-0.25, -0.2) is 0 Å². The van der Waals surface area contributed by atoms with Crippen LogP contribution in [0.25, 0.3) is 0 Å². The van der Waals surface area contributed by atoms with Crippen molar-refractivity contribution >= 4 is 29.1 Å². The zero-order valence-electron chi connectivity index (χ0n) is 11.8. The van der Waals surface area contributed by atoms with Gasteiger partial charge in [0, 0.05) is 13.1 Å². The molecule has 6 heteroatoms. The molecule has 21 heavy (non-hydrogen) atoms. The highest BCUT2D eigenvalue weighted by Gasteiger charge is 2.10. The fraction of sp³-hybridized carbons (Fsp3) is 0.333. The van der Waals surface area contributed by atoms with E-state index in [0.717, 1.165) is 17.7 Å². The fourth-order valence-corrected chi connectivity index (χ4v) is 2.37. The molecule has 1 aromatic heterocycles. The summed E-state index contributed by atoms with van der Waals surface area (Å²) in [4.78, 5) is 11.8. The van der Waals surface area contributed by atoms with E-state index in [2.05, 4.69) is 10.4 Å². The summed E-state index contributed by atoms with van der Waals surface area (Å²) in [7, 11) is 0. The second-order valence-electron chi connectivity index (χ2n) is 4.78. The van der Waals surface area contributed by atoms with Crippen LogP contribution >= 0.6 is 23.2 Å². The fourth-order valence-electron chi connectivity index (χ4n) is 1.98. The normalized spacial score (nSPS) is 10.6. The Morgan fingerprint density at radius 2 is 2.00 bits per heavy atom. The highest BCUT2D eigenvalue weighted by molar-refractivity contribution is 6.41. The highest BCUT2D eigenvalue weighted by Crippen LogP contribution is 2.24. The van der Waals surface area contributed by atoms with E-state index in [1.54, 1.807) is 4.68 Å². The maximum Gasteiger partial charge on any atom is 0.224 e. The van der Waals surface area contributed by atoms with Gasteiger partial charge in [0.15, 0.2) is 0 Å². The zero-order chi connectivity index (χ0) is 15.2. The van der Waals surface area contributed by atoms with Crippen LogP contribution in [-0.2, 0) is 17.8 Å². The molecular formula is C15H17Cl2N3O. The molecule has 0 spiro atoms. The van der Waals surface area contributed by atoms with E-state index in [-0.39, 0.29) is 5.91 Å². The van der Waals surface area contributed by atoms with Gasteiger partial charge in [-0.2, -0.15) is 5.10 Å². The lowest BCUT2D eigenvalue weighted by Crippen LogP contribution is -2.26. The zero-order valence-corrected chi connectivity index (χ0v) is 13.3. The van der Waals surface area contributed by atoms with E-state index in [1.165, 1.54) is 0 Å². The van der Waals surface area contributed by atoms with Gasteiger partial charge in [-0.15, -0.1) is 0 Å². The minimum Gasteiger partial charge on any atom is -0.356 e. The molecule has 0 aliphatic carbocycles. The molecule has 0 saturated carbocycles. The molecule has 0 fully saturated rings. The highest BCUT2D eigenvalue weighted by atomic mass is 35.5. The summed E-state index contributed by atoms with van der Waals surface area (Å²) in [6.45, 7) is 3.02. The lowest BCUT2D eigenvalue weighted by molar-refractivity contribution is -0.120. The lowest BCUT2D eigenvalue weighted by atomic mass is 10.1. The first kappa shape index (κ1) is 15.9. The Kier molecular flexibility index (Phi) is 5.65. The third-order valence-corrected chi connectivity index (χ3v) is 4.01. The number of hydrogen-bond acceptors (Lipinski definition) is 2. The summed E-state index contributed by atoms with van der Waals surface area (Å²) in [6.07, 6.45) is 1.14. The molecular weight excluding hydrogens is 309 g/mol. The number of hydrogen-bond donors (Lipinski definition) is 1. The Balaban J connectivity index is 1.72. The second kappa shape index (κ2) is 7.48. The van der Waals surface area contributed by atoms with Crippen LogP contribution < -0.4 is 5.32 Å². The van der Waals surface area contributed by atoms with E-state index in [0.29, 0.717) is 29.7 Å². The Hall–Kier alpha value is -1.52. The number of nitrogens with zero attached hydrogens (tertiary/aromatic N) is 2. The number of carbonyl (C=O) groups excluding carboxylic acids is 1. The molecule has 0 bridgehead atoms. The van der Waals surface area contributed by atoms with Crippen molar-refractivity contribution < 1.29 is 4.79 Å². The van der Waals surface area contributed by atoms with Crippen molar-refractivity contribution in [2.24, 2.45) is 0 Å². The monoisotopic (exact) mass is 325 g/mol. The molecule has 1 amide bonds. The average molecular weight is 326 g/mol. The van der Waals surface area contributed by atoms with Crippen LogP contribution in [0.2, 0.25) is 10.2 Å². The first-order valence-corrected chi connectivity index (χ1v) is 7.52. The average Bonchev–Trinajstić information content (AvgIpc) is 2.72. The van der Waals surface area contributed by atoms with Crippen molar-refractivity contribution in [3.63, 3.8) is 0 Å². The molecule has 1 heterocycles. The molecule has 112 valence electrons. The SMILES string of the molecule is Cc1nn(CCCNC(=O)Cc2ccccc2)c(Cl)c1Cl. The van der Waals surface area contributed by atoms with Crippen LogP contribution in [0.3, 0.4) is 0 Å². The van der Waals surface area contributed by atoms with E-state index < -0.39 is 0 Å². The van der Waals surface area contributed by atoms with E-state index in [1.807, 2.05) is 37.3 Å². The first-order chi connectivity index (χ1) is 10.1. The summed E-state index contributed by atoms with van der Waals surface area (Å²) in [6, 6.07) is 9.66. The Morgan fingerprint density at radius 1 is 1.29 bits per heavy atom. The second-order valence-corrected chi connectivity index (χ2v) is 5.52. The van der Waals surface area contributed by atoms with Crippen molar-refractivity contribution in [2.45, 2.75) is 26.3 Å². The van der Waals surface area contributed by atoms with Gasteiger partial charge in [0.25, 0.3) is 0 Å². The Bertz CT molecular complexity index is 611. The van der Waals surface area contributed by atoms with Crippen LogP contribution in [0.1, 0.15) is 17.7 Å². The van der Waals surface area contributed by atoms with Crippen LogP contribution in [0.4, 0.5) is 0 Å². The summed E-state index contributed by atoms with van der Waals surface area (Å²) >= 11 is 12.0. The molecule has 0 aliphatic heterocycles. The van der Waals surface area contributed by atoms with Gasteiger partial charge < -0.3 is 5.32 Å². The quantitative estimate of drug-likeness (QED) is 0.829. The predicted molar refractivity (Wildman–Crippen MR) is 84.8 cm³/mol. The van der Waals surface area contributed by atoms with Gasteiger partial charge in [0.05, 0.1) is 12.1 Å². The Labute approximate surface area is 134 Å². The largest absolute Gasteiger partial charge is 0.356 e. The van der Waals surface area contributed by atoms with Crippen LogP contribution in [0.5, 0.6) is 0 Å². The van der Waals surface area contributed by atoms with Crippen molar-refractivity contribution in [2.75, 3.05) is 6.54 Å². The van der Waals surface area contributed by atoms with Crippen LogP contribution in [0, 0.1) is 6.92 Å². The minimum absolute atomic E-state index is 0.0157. The standard InChI is InChI=1S/C15H17Cl2N3O/c1-11-14(16)15(17)20(19-11)9-5-8-18-13(21)10-12-6-3-2-4-7-12/h2-4,6-7H,5,8-10H2,1H3,(H,18,21). The van der Waals surface area contributed by atoms with Gasteiger partial charge in [0.2, 0.25) is 5.91 Å². The third kappa shape index (κ3) is 4.48. The smallest absolute Gasteiger partial charge is 0.224 e. The molecule has 2 rings (SSSR count). The molecule has 0 atom stereocenters. The number of aromatic nitrogens is 2. The molecule has 4 nitrogen and oxygen atoms in total. The molecule has 0 aliphatic rings. The van der Waals surface area contributed by atoms with Crippen LogP contribution in [0.15, 0.2) is 30.3 Å². The first-order valence-electron chi connectivity index (χ1n) is 6.77. The molecule has 1 N–H and O–H groups in total. The van der Waals surface area contributed by atoms with Crippen LogP contribution in [-0.4, -0.2) is 22.2 Å². The van der Waals surface area contributed by atoms with E-state index in [4.69, 9.17) is 23.2 Å². The van der Waals surface area contributed by atoms with Crippen molar-refractivity contribution in [1.82, 2.24) is 15.1 Å². The number of carbonyl (C=O) groups is 1. The molecule has 1 aromatic carbocycles. The van der Waals surface area contributed by atoms with Crippen molar-refractivity contribution in [3.05, 3.63) is 51.8 Å². The van der Waals surface area contributed by atoms with E-state index in [9.17, 15) is 4.79 Å². The molecule has 0 radical (unpaired) electrons. The van der Waals surface area contributed by atoms with Gasteiger partial charge in [-0.05, 0) is 18.9 Å². The number of rotatable bonds is 6. The number of halogens is 2. The van der Waals surface area contributed by atoms with Crippen molar-refractivity contribution in [1.29, 1.82) is 0 Å². The van der Waals surface area contributed by atoms with Gasteiger partial charge >= 0.3 is 0 Å². The minimum atomic E-state index is 0.0157. The summed E-state index contributed by atoms with van der Waals surface area (Å²) in [5.74, 6) is 0.0157. The summed E-state index contributed by atoms with van der Waals surface area (Å²) in [5, 5.41) is 8.06. The van der Waals surface area contributed by atoms with E-state index >= 15 is 0 Å². The lowest BCUT2D eigenvalue weighted by Gasteiger charge is -2.06. The Morgan fingerprint density at radius 3 is 2.62 bits per heavy atom. The number of amides is 1. The van der Waals surface area contributed by atoms with Gasteiger partial charge in [-0.1, -0.05) is 53.5 Å². The summed E-state index contributed by atoms with van der Waals surface area (Å²) < 4.78 is 1.66. The predicted octanol–water partition coefficient (Wildman–Crippen LogP) is 3.25. The molecule has 0 saturated heterocycles. The molecule has 0 unspecified atom stereocenters. The van der Waals surface area contributed by atoms with Gasteiger partial charge in [-0.3, -0.25) is 9.48 Å². The number of nitrogens with one attached hydrogen (secondary N) is 1. The summed E-state index contributed by atoms with van der Waals surface area (Å²) in [5.41, 5.74) is 1.72. The third-order valence-electron chi connectivity index (χ3n) is 3.07.